The van der Waals surface area contributed by atoms with Crippen LogP contribution in [-0.2, 0) is 11.1 Å². The van der Waals surface area contributed by atoms with E-state index >= 15 is 0 Å². The number of rotatable bonds is 18. The topological polar surface area (TPSA) is 0 Å². The van der Waals surface area contributed by atoms with Crippen molar-refractivity contribution in [2.75, 3.05) is 55.5 Å². The van der Waals surface area contributed by atoms with E-state index in [0.717, 1.165) is 64.4 Å². The van der Waals surface area contributed by atoms with Crippen molar-refractivity contribution < 1.29 is 11.1 Å². The molecule has 0 saturated carbocycles. The van der Waals surface area contributed by atoms with Crippen LogP contribution in [0.2, 0.25) is 0 Å². The van der Waals surface area contributed by atoms with E-state index in [0.29, 0.717) is 23.8 Å². The van der Waals surface area contributed by atoms with Gasteiger partial charge in [0.1, 0.15) is 0 Å². The van der Waals surface area contributed by atoms with E-state index in [-0.39, 0.29) is 0 Å². The molecule has 0 aromatic carbocycles. The van der Waals surface area contributed by atoms with E-state index in [2.05, 4.69) is 153 Å². The average molecular weight is 826 g/mol. The second-order valence-electron chi connectivity index (χ2n) is 16.2. The Hall–Kier alpha value is 2.76. The minimum absolute atomic E-state index is 0.321. The molecule has 0 heterocycles. The van der Waals surface area contributed by atoms with Gasteiger partial charge in [0.2, 0.25) is 0 Å². The first-order valence-corrected chi connectivity index (χ1v) is 28.0. The molecule has 0 saturated heterocycles. The summed E-state index contributed by atoms with van der Waals surface area (Å²) >= 11 is 7.12. The Morgan fingerprint density at radius 1 is 0.286 bits per heavy atom. The molecule has 0 atom stereocenters. The molecule has 0 aromatic rings. The van der Waals surface area contributed by atoms with Crippen molar-refractivity contribution in [2.45, 2.75) is 125 Å². The number of hydrogen-bond donors (Lipinski definition) is 0. The third kappa shape index (κ3) is 49.6. The molecule has 0 amide bonds. The summed E-state index contributed by atoms with van der Waals surface area (Å²) in [4.78, 5) is 0. The molecule has 0 aliphatic carbocycles. The second kappa shape index (κ2) is 33.6. The fourth-order valence-electron chi connectivity index (χ4n) is 5.32. The molecule has 0 N–H and O–H groups in total. The molecule has 0 aliphatic heterocycles. The molecule has 0 aromatic heterocycles. The Morgan fingerprint density at radius 3 is 0.405 bits per heavy atom. The summed E-state index contributed by atoms with van der Waals surface area (Å²) in [5, 5.41) is 0. The van der Waals surface area contributed by atoms with Crippen molar-refractivity contribution in [3.8, 4) is 0 Å². The Bertz CT molecular complexity index is 381. The van der Waals surface area contributed by atoms with Crippen LogP contribution < -0.4 is 0 Å². The predicted octanol–water partition coefficient (Wildman–Crippen LogP) is 15.0. The second-order valence-corrected chi connectivity index (χ2v) is 28.8. The molecule has 0 rings (SSSR count). The van der Waals surface area contributed by atoms with Crippen LogP contribution in [0.4, 0.5) is 0 Å². The zero-order chi connectivity index (χ0) is 34.0. The molecule has 42 heavy (non-hydrogen) atoms. The van der Waals surface area contributed by atoms with E-state index in [1.165, 1.54) is 55.5 Å². The Labute approximate surface area is 294 Å². The zero-order valence-corrected chi connectivity index (χ0v) is 38.9. The van der Waals surface area contributed by atoms with Crippen molar-refractivity contribution in [1.82, 2.24) is 0 Å². The number of halogens is 2. The van der Waals surface area contributed by atoms with Crippen molar-refractivity contribution in [3.63, 3.8) is 0 Å². The van der Waals surface area contributed by atoms with Gasteiger partial charge < -0.3 is 0 Å². The van der Waals surface area contributed by atoms with Gasteiger partial charge in [-0.05, 0) is 109 Å². The van der Waals surface area contributed by atoms with Crippen LogP contribution in [0.1, 0.15) is 125 Å². The fraction of sp³-hybridized carbons (Fsp3) is 1.00. The molecule has 0 bridgehead atoms. The molecule has 0 fully saturated rings. The monoisotopic (exact) mass is 823 g/mol. The van der Waals surface area contributed by atoms with Crippen LogP contribution in [0.5, 0.6) is 0 Å². The first-order valence-electron chi connectivity index (χ1n) is 17.2. The van der Waals surface area contributed by atoms with E-state index in [1.807, 2.05) is 0 Å². The quantitative estimate of drug-likeness (QED) is 0.121. The van der Waals surface area contributed by atoms with Crippen LogP contribution in [0.15, 0.2) is 0 Å². The summed E-state index contributed by atoms with van der Waals surface area (Å²) < 4.78 is 0. The summed E-state index contributed by atoms with van der Waals surface area (Å²) in [7, 11) is 0.963. The van der Waals surface area contributed by atoms with Crippen LogP contribution in [0, 0.1) is 53.3 Å². The van der Waals surface area contributed by atoms with Gasteiger partial charge in [0.15, 0.2) is 0 Å². The van der Waals surface area contributed by atoms with Crippen LogP contribution >= 0.6 is 52.1 Å². The van der Waals surface area contributed by atoms with Gasteiger partial charge >= 0.3 is 39.5 Å². The average Bonchev–Trinajstić information content (AvgIpc) is 2.70. The predicted molar refractivity (Wildman–Crippen MR) is 216 cm³/mol. The fourth-order valence-corrected chi connectivity index (χ4v) is 16.0. The summed E-state index contributed by atoms with van der Waals surface area (Å²) in [6.45, 7) is 42.4. The minimum atomic E-state index is 0.321. The van der Waals surface area contributed by atoms with Crippen molar-refractivity contribution in [1.29, 1.82) is 0 Å². The van der Waals surface area contributed by atoms with Gasteiger partial charge in [0.25, 0.3) is 0 Å². The van der Waals surface area contributed by atoms with Crippen molar-refractivity contribution in [2.24, 2.45) is 53.3 Å². The van der Waals surface area contributed by atoms with Crippen molar-refractivity contribution in [3.05, 3.63) is 0 Å². The van der Waals surface area contributed by atoms with Crippen molar-refractivity contribution >= 4 is 52.1 Å². The van der Waals surface area contributed by atoms with Gasteiger partial charge in [0.05, 0.1) is 0 Å². The third-order valence-electron chi connectivity index (χ3n) is 5.61. The molecule has 0 nitrogen and oxygen atoms in total. The van der Waals surface area contributed by atoms with Gasteiger partial charge in [-0.25, -0.2) is 0 Å². The van der Waals surface area contributed by atoms with Gasteiger partial charge in [-0.15, -0.1) is 23.8 Å². The van der Waals surface area contributed by atoms with Gasteiger partial charge in [-0.3, -0.25) is 0 Å². The molecule has 0 radical (unpaired) electrons. The van der Waals surface area contributed by atoms with E-state index in [1.54, 1.807) is 0 Å². The first-order chi connectivity index (χ1) is 19.2. The maximum absolute atomic E-state index is 3.03. The maximum atomic E-state index is 3.03. The Kier molecular flexibility index (Phi) is 41.3. The molecule has 0 aliphatic rings. The van der Waals surface area contributed by atoms with E-state index in [4.69, 9.17) is 0 Å². The normalized spacial score (nSPS) is 12.1. The van der Waals surface area contributed by atoms with Gasteiger partial charge in [0, 0.05) is 0 Å². The van der Waals surface area contributed by atoms with Crippen LogP contribution in [0.3, 0.4) is 0 Å². The zero-order valence-electron chi connectivity index (χ0n) is 32.0. The summed E-state index contributed by atoms with van der Waals surface area (Å²) in [6.07, 6.45) is 13.3. The Morgan fingerprint density at radius 2 is 0.357 bits per heavy atom. The summed E-state index contributed by atoms with van der Waals surface area (Å²) in [6, 6.07) is 0. The standard InChI is InChI=1S/3C12H27P.2BrH.Co/c3*1-10(2)7-13(8-11(3)4)9-12(5)6;;;/h3*10-12H,7-9H2,1-6H3;2*1H;/q;;;;;+2/p-2. The molecular weight excluding hydrogens is 744 g/mol. The molecule has 0 spiro atoms. The first kappa shape index (κ1) is 51.6. The third-order valence-corrected chi connectivity index (χ3v) is 16.8. The van der Waals surface area contributed by atoms with Gasteiger partial charge in [-0.1, -0.05) is 125 Å². The summed E-state index contributed by atoms with van der Waals surface area (Å²) in [5.74, 6) is 8.03. The molecule has 0 unspecified atom stereocenters. The molecular formula is C36H81Br2CoP3. The van der Waals surface area contributed by atoms with E-state index < -0.39 is 0 Å². The Balaban J connectivity index is -0.000000246. The molecule has 6 heteroatoms. The SMILES string of the molecule is CC(C)CP(CC(C)C)CC(C)C.CC(C)CP(CC(C)C)CC(C)C.CC(C)CP(CC(C)C)CC(C)C.[Br][Co][Br]. The molecule has 263 valence electrons. The van der Waals surface area contributed by atoms with Gasteiger partial charge in [-0.2, -0.15) is 0 Å². The van der Waals surface area contributed by atoms with Crippen LogP contribution in [0.25, 0.3) is 0 Å². The van der Waals surface area contributed by atoms with E-state index in [9.17, 15) is 0 Å². The van der Waals surface area contributed by atoms with Crippen LogP contribution in [-0.4, -0.2) is 55.5 Å². The summed E-state index contributed by atoms with van der Waals surface area (Å²) in [5.41, 5.74) is 0. The number of hydrogen-bond acceptors (Lipinski definition) is 0.